The van der Waals surface area contributed by atoms with Crippen LogP contribution in [0.1, 0.15) is 27.1 Å². The summed E-state index contributed by atoms with van der Waals surface area (Å²) in [5.74, 6) is -2.76. The van der Waals surface area contributed by atoms with Gasteiger partial charge in [0.15, 0.2) is 0 Å². The van der Waals surface area contributed by atoms with Crippen LogP contribution in [-0.2, 0) is 4.79 Å². The molecule has 1 aromatic carbocycles. The fourth-order valence-corrected chi connectivity index (χ4v) is 2.11. The molecule has 1 fully saturated rings. The van der Waals surface area contributed by atoms with Gasteiger partial charge in [-0.25, -0.2) is 9.18 Å². The molecule has 1 heterocycles. The van der Waals surface area contributed by atoms with Crippen molar-refractivity contribution in [3.63, 3.8) is 0 Å². The van der Waals surface area contributed by atoms with Crippen molar-refractivity contribution >= 4 is 17.8 Å². The van der Waals surface area contributed by atoms with Crippen LogP contribution in [-0.4, -0.2) is 46.5 Å². The van der Waals surface area contributed by atoms with Crippen molar-refractivity contribution in [2.24, 2.45) is 5.73 Å². The molecular weight excluding hydrogens is 267 g/mol. The van der Waals surface area contributed by atoms with Crippen LogP contribution in [0.3, 0.4) is 0 Å². The van der Waals surface area contributed by atoms with Crippen molar-refractivity contribution < 1.29 is 23.9 Å². The summed E-state index contributed by atoms with van der Waals surface area (Å²) in [6.45, 7) is -0.482. The molecule has 0 radical (unpaired) electrons. The molecule has 6 nitrogen and oxygen atoms in total. The van der Waals surface area contributed by atoms with E-state index in [9.17, 15) is 18.8 Å². The monoisotopic (exact) mass is 280 g/mol. The average Bonchev–Trinajstić information content (AvgIpc) is 2.82. The predicted molar refractivity (Wildman–Crippen MR) is 67.0 cm³/mol. The van der Waals surface area contributed by atoms with Crippen LogP contribution < -0.4 is 5.73 Å². The molecule has 1 atom stereocenters. The van der Waals surface area contributed by atoms with E-state index in [-0.39, 0.29) is 24.1 Å². The number of nitrogens with zero attached hydrogens (tertiary/aromatic N) is 1. The molecule has 1 aromatic rings. The number of hydrogen-bond acceptors (Lipinski definition) is 3. The second-order valence-corrected chi connectivity index (χ2v) is 4.69. The van der Waals surface area contributed by atoms with Crippen LogP contribution in [0.15, 0.2) is 24.3 Å². The summed E-state index contributed by atoms with van der Waals surface area (Å²) in [5, 5.41) is 8.79. The number of benzene rings is 1. The molecular formula is C13H13FN2O4. The minimum atomic E-state index is -2.41. The van der Waals surface area contributed by atoms with Crippen molar-refractivity contribution in [2.45, 2.75) is 12.1 Å². The van der Waals surface area contributed by atoms with Crippen molar-refractivity contribution in [3.8, 4) is 0 Å². The van der Waals surface area contributed by atoms with Gasteiger partial charge in [-0.1, -0.05) is 6.07 Å². The van der Waals surface area contributed by atoms with Crippen LogP contribution in [0.4, 0.5) is 4.39 Å². The standard InChI is InChI=1S/C13H13FN2O4/c14-13(12(19)20)4-5-16(7-13)11(18)9-3-1-2-8(6-9)10(15)17/h1-3,6H,4-5,7H2,(H2,15,17)(H,19,20). The van der Waals surface area contributed by atoms with E-state index in [0.29, 0.717) is 0 Å². The Hall–Kier alpha value is -2.44. The van der Waals surface area contributed by atoms with Gasteiger partial charge in [-0.05, 0) is 18.2 Å². The molecule has 20 heavy (non-hydrogen) atoms. The van der Waals surface area contributed by atoms with Gasteiger partial charge >= 0.3 is 5.97 Å². The Morgan fingerprint density at radius 3 is 2.50 bits per heavy atom. The normalized spacial score (nSPS) is 21.8. The zero-order valence-electron chi connectivity index (χ0n) is 10.5. The molecule has 0 aromatic heterocycles. The number of carboxylic acid groups (broad SMARTS) is 1. The molecule has 0 aliphatic carbocycles. The van der Waals surface area contributed by atoms with Crippen molar-refractivity contribution in [1.82, 2.24) is 4.90 Å². The van der Waals surface area contributed by atoms with Crippen LogP contribution in [0.5, 0.6) is 0 Å². The summed E-state index contributed by atoms with van der Waals surface area (Å²) in [6, 6.07) is 5.72. The Morgan fingerprint density at radius 1 is 1.30 bits per heavy atom. The van der Waals surface area contributed by atoms with Crippen LogP contribution in [0.2, 0.25) is 0 Å². The van der Waals surface area contributed by atoms with Gasteiger partial charge in [-0.15, -0.1) is 0 Å². The summed E-state index contributed by atoms with van der Waals surface area (Å²) >= 11 is 0. The molecule has 1 aliphatic rings. The average molecular weight is 280 g/mol. The molecule has 7 heteroatoms. The van der Waals surface area contributed by atoms with Crippen LogP contribution in [0.25, 0.3) is 0 Å². The van der Waals surface area contributed by atoms with Gasteiger partial charge in [-0.2, -0.15) is 0 Å². The Kier molecular flexibility index (Phi) is 3.44. The molecule has 1 aliphatic heterocycles. The fourth-order valence-electron chi connectivity index (χ4n) is 2.11. The van der Waals surface area contributed by atoms with Gasteiger partial charge in [0.05, 0.1) is 6.54 Å². The van der Waals surface area contributed by atoms with E-state index in [0.717, 1.165) is 4.90 Å². The Labute approximate surface area is 114 Å². The summed E-state index contributed by atoms with van der Waals surface area (Å²) in [7, 11) is 0. The quantitative estimate of drug-likeness (QED) is 0.838. The second-order valence-electron chi connectivity index (χ2n) is 4.69. The number of aliphatic carboxylic acids is 1. The van der Waals surface area contributed by atoms with E-state index >= 15 is 0 Å². The van der Waals surface area contributed by atoms with E-state index in [4.69, 9.17) is 10.8 Å². The first kappa shape index (κ1) is 14.0. The minimum absolute atomic E-state index is 0.0163. The molecule has 0 spiro atoms. The number of carbonyl (C=O) groups excluding carboxylic acids is 2. The zero-order valence-corrected chi connectivity index (χ0v) is 10.5. The summed E-state index contributed by atoms with van der Waals surface area (Å²) in [5.41, 5.74) is 3.05. The summed E-state index contributed by atoms with van der Waals surface area (Å²) in [4.78, 5) is 35.1. The number of likely N-dealkylation sites (tertiary alicyclic amines) is 1. The van der Waals surface area contributed by atoms with Gasteiger partial charge in [0.1, 0.15) is 0 Å². The largest absolute Gasteiger partial charge is 0.479 e. The number of halogens is 1. The summed E-state index contributed by atoms with van der Waals surface area (Å²) in [6.07, 6.45) is -0.246. The van der Waals surface area contributed by atoms with Gasteiger partial charge < -0.3 is 15.7 Å². The SMILES string of the molecule is NC(=O)c1cccc(C(=O)N2CCC(F)(C(=O)O)C2)c1. The van der Waals surface area contributed by atoms with Crippen LogP contribution in [0, 0.1) is 0 Å². The van der Waals surface area contributed by atoms with E-state index in [1.54, 1.807) is 0 Å². The number of nitrogens with two attached hydrogens (primary N) is 1. The Balaban J connectivity index is 2.19. The molecule has 1 saturated heterocycles. The van der Waals surface area contributed by atoms with E-state index in [1.807, 2.05) is 0 Å². The third kappa shape index (κ3) is 2.47. The van der Waals surface area contributed by atoms with Crippen molar-refractivity contribution in [3.05, 3.63) is 35.4 Å². The smallest absolute Gasteiger partial charge is 0.343 e. The van der Waals surface area contributed by atoms with E-state index < -0.39 is 30.0 Å². The maximum Gasteiger partial charge on any atom is 0.343 e. The Bertz CT molecular complexity index is 589. The first-order valence-corrected chi connectivity index (χ1v) is 5.95. The molecule has 106 valence electrons. The topological polar surface area (TPSA) is 101 Å². The first-order valence-electron chi connectivity index (χ1n) is 5.95. The van der Waals surface area contributed by atoms with Gasteiger partial charge in [-0.3, -0.25) is 9.59 Å². The highest BCUT2D eigenvalue weighted by Gasteiger charge is 2.46. The summed E-state index contributed by atoms with van der Waals surface area (Å²) < 4.78 is 13.9. The van der Waals surface area contributed by atoms with Gasteiger partial charge in [0.2, 0.25) is 11.6 Å². The zero-order chi connectivity index (χ0) is 14.9. The lowest BCUT2D eigenvalue weighted by atomic mass is 10.1. The molecule has 0 bridgehead atoms. The number of primary amides is 1. The highest BCUT2D eigenvalue weighted by Crippen LogP contribution is 2.27. The lowest BCUT2D eigenvalue weighted by molar-refractivity contribution is -0.149. The highest BCUT2D eigenvalue weighted by atomic mass is 19.1. The van der Waals surface area contributed by atoms with Gasteiger partial charge in [0, 0.05) is 24.1 Å². The molecule has 2 rings (SSSR count). The lowest BCUT2D eigenvalue weighted by Gasteiger charge is -2.18. The molecule has 1 unspecified atom stereocenters. The highest BCUT2D eigenvalue weighted by molar-refractivity contribution is 5.99. The fraction of sp³-hybridized carbons (Fsp3) is 0.308. The number of carboxylic acids is 1. The van der Waals surface area contributed by atoms with Crippen LogP contribution >= 0.6 is 0 Å². The number of amides is 2. The predicted octanol–water partition coefficient (Wildman–Crippen LogP) is 0.424. The van der Waals surface area contributed by atoms with Crippen molar-refractivity contribution in [1.29, 1.82) is 0 Å². The molecule has 2 amide bonds. The number of rotatable bonds is 3. The first-order chi connectivity index (χ1) is 9.33. The van der Waals surface area contributed by atoms with E-state index in [1.165, 1.54) is 24.3 Å². The Morgan fingerprint density at radius 2 is 1.95 bits per heavy atom. The number of carbonyl (C=O) groups is 3. The molecule has 0 saturated carbocycles. The maximum atomic E-state index is 13.9. The minimum Gasteiger partial charge on any atom is -0.479 e. The molecule has 3 N–H and O–H groups in total. The third-order valence-corrected chi connectivity index (χ3v) is 3.28. The third-order valence-electron chi connectivity index (χ3n) is 3.28. The maximum absolute atomic E-state index is 13.9. The second kappa shape index (κ2) is 4.92. The number of hydrogen-bond donors (Lipinski definition) is 2. The van der Waals surface area contributed by atoms with E-state index in [2.05, 4.69) is 0 Å². The van der Waals surface area contributed by atoms with Crippen molar-refractivity contribution in [2.75, 3.05) is 13.1 Å². The number of alkyl halides is 1. The van der Waals surface area contributed by atoms with Gasteiger partial charge in [0.25, 0.3) is 5.91 Å². The lowest BCUT2D eigenvalue weighted by Crippen LogP contribution is -2.38.